The molecule has 0 aromatic heterocycles. The molecule has 0 aliphatic carbocycles. The van der Waals surface area contributed by atoms with E-state index in [1.54, 1.807) is 0 Å². The predicted molar refractivity (Wildman–Crippen MR) is 49.8 cm³/mol. The molecular weight excluding hydrogens is 204 g/mol. The minimum Gasteiger partial charge on any atom is -0.394 e. The zero-order valence-electron chi connectivity index (χ0n) is 8.58. The molecule has 15 heavy (non-hydrogen) atoms. The lowest BCUT2D eigenvalue weighted by Gasteiger charge is -2.39. The van der Waals surface area contributed by atoms with Crippen LogP contribution in [-0.4, -0.2) is 62.3 Å². The van der Waals surface area contributed by atoms with Gasteiger partial charge in [0.25, 0.3) is 0 Å². The van der Waals surface area contributed by atoms with E-state index < -0.39 is 36.8 Å². The molecule has 1 saturated heterocycles. The summed E-state index contributed by atoms with van der Waals surface area (Å²) in [7, 11) is 0. The largest absolute Gasteiger partial charge is 0.394 e. The van der Waals surface area contributed by atoms with Crippen LogP contribution in [0.1, 0.15) is 19.8 Å². The first-order chi connectivity index (χ1) is 6.85. The molecule has 5 N–H and O–H groups in total. The fourth-order valence-corrected chi connectivity index (χ4v) is 1.78. The van der Waals surface area contributed by atoms with Crippen LogP contribution in [0.2, 0.25) is 0 Å². The van der Waals surface area contributed by atoms with E-state index in [1.165, 1.54) is 6.92 Å². The van der Waals surface area contributed by atoms with Gasteiger partial charge < -0.3 is 30.3 Å². The first-order valence-corrected chi connectivity index (χ1v) is 4.91. The van der Waals surface area contributed by atoms with Gasteiger partial charge in [-0.1, -0.05) is 0 Å². The Bertz CT molecular complexity index is 207. The molecule has 5 unspecified atom stereocenters. The van der Waals surface area contributed by atoms with E-state index in [0.29, 0.717) is 0 Å². The Labute approximate surface area is 87.7 Å². The highest BCUT2D eigenvalue weighted by molar-refractivity contribution is 4.86. The molecule has 5 atom stereocenters. The van der Waals surface area contributed by atoms with Gasteiger partial charge >= 0.3 is 0 Å². The van der Waals surface area contributed by atoms with Crippen molar-refractivity contribution in [3.8, 4) is 0 Å². The van der Waals surface area contributed by atoms with Crippen molar-refractivity contribution in [2.24, 2.45) is 0 Å². The number of ether oxygens (including phenoxy) is 1. The smallest absolute Gasteiger partial charge is 0.165 e. The van der Waals surface area contributed by atoms with Gasteiger partial charge in [-0.05, 0) is 6.92 Å². The van der Waals surface area contributed by atoms with E-state index in [4.69, 9.17) is 9.84 Å². The third-order valence-electron chi connectivity index (χ3n) is 2.49. The molecular formula is C9H18O6. The van der Waals surface area contributed by atoms with Gasteiger partial charge in [-0.2, -0.15) is 0 Å². The maximum Gasteiger partial charge on any atom is 0.165 e. The van der Waals surface area contributed by atoms with E-state index in [2.05, 4.69) is 0 Å². The Hall–Kier alpha value is -0.240. The molecule has 0 aromatic carbocycles. The maximum absolute atomic E-state index is 9.58. The molecule has 1 fully saturated rings. The van der Waals surface area contributed by atoms with E-state index >= 15 is 0 Å². The molecule has 0 aromatic rings. The minimum atomic E-state index is -1.52. The molecule has 0 spiro atoms. The van der Waals surface area contributed by atoms with Crippen molar-refractivity contribution >= 4 is 0 Å². The highest BCUT2D eigenvalue weighted by atomic mass is 16.6. The van der Waals surface area contributed by atoms with Crippen molar-refractivity contribution in [3.05, 3.63) is 0 Å². The molecule has 1 rings (SSSR count). The van der Waals surface area contributed by atoms with Gasteiger partial charge in [0.1, 0.15) is 12.2 Å². The third kappa shape index (κ3) is 3.37. The number of rotatable bonds is 3. The molecule has 90 valence electrons. The summed E-state index contributed by atoms with van der Waals surface area (Å²) in [6.07, 6.45) is -4.16. The number of aliphatic hydroxyl groups is 5. The van der Waals surface area contributed by atoms with Gasteiger partial charge in [0, 0.05) is 12.8 Å². The zero-order chi connectivity index (χ0) is 11.6. The maximum atomic E-state index is 9.58. The van der Waals surface area contributed by atoms with Crippen molar-refractivity contribution in [1.29, 1.82) is 0 Å². The van der Waals surface area contributed by atoms with Crippen LogP contribution >= 0.6 is 0 Å². The van der Waals surface area contributed by atoms with Crippen LogP contribution in [0.5, 0.6) is 0 Å². The van der Waals surface area contributed by atoms with Gasteiger partial charge in [0.05, 0.1) is 18.8 Å². The fraction of sp³-hybridized carbons (Fsp3) is 1.00. The normalized spacial score (nSPS) is 41.2. The molecule has 1 aliphatic heterocycles. The topological polar surface area (TPSA) is 110 Å². The quantitative estimate of drug-likeness (QED) is 0.376. The first-order valence-electron chi connectivity index (χ1n) is 4.91. The highest BCUT2D eigenvalue weighted by Gasteiger charge is 2.40. The second-order valence-electron chi connectivity index (χ2n) is 4.17. The summed E-state index contributed by atoms with van der Waals surface area (Å²) < 4.78 is 5.10. The van der Waals surface area contributed by atoms with Crippen molar-refractivity contribution in [1.82, 2.24) is 0 Å². The molecule has 0 radical (unpaired) electrons. The summed E-state index contributed by atoms with van der Waals surface area (Å²) in [6, 6.07) is 0. The Morgan fingerprint density at radius 1 is 1.47 bits per heavy atom. The van der Waals surface area contributed by atoms with E-state index in [-0.39, 0.29) is 12.8 Å². The summed E-state index contributed by atoms with van der Waals surface area (Å²) in [6.45, 7) is 0.777. The van der Waals surface area contributed by atoms with Gasteiger partial charge in [0.15, 0.2) is 5.79 Å². The average molecular weight is 222 g/mol. The molecule has 1 heterocycles. The second kappa shape index (κ2) is 4.73. The van der Waals surface area contributed by atoms with E-state index in [0.717, 1.165) is 0 Å². The van der Waals surface area contributed by atoms with Gasteiger partial charge in [-0.15, -0.1) is 0 Å². The highest BCUT2D eigenvalue weighted by Crippen LogP contribution is 2.28. The van der Waals surface area contributed by atoms with Crippen LogP contribution < -0.4 is 0 Å². The van der Waals surface area contributed by atoms with Crippen molar-refractivity contribution < 1.29 is 30.3 Å². The monoisotopic (exact) mass is 222 g/mol. The number of aliphatic hydroxyl groups excluding tert-OH is 4. The standard InChI is InChI=1S/C9H18O6/c1-9(14)3-5(11)2-7(15-9)8(13)6(12)4-10/h5-8,10-14H,2-4H2,1H3. The summed E-state index contributed by atoms with van der Waals surface area (Å²) >= 11 is 0. The van der Waals surface area contributed by atoms with Crippen LogP contribution in [0.4, 0.5) is 0 Å². The van der Waals surface area contributed by atoms with Crippen molar-refractivity contribution in [3.63, 3.8) is 0 Å². The summed E-state index contributed by atoms with van der Waals surface area (Å²) in [5.41, 5.74) is 0. The second-order valence-corrected chi connectivity index (χ2v) is 4.17. The van der Waals surface area contributed by atoms with Gasteiger partial charge in [-0.25, -0.2) is 0 Å². The predicted octanol–water partition coefficient (Wildman–Crippen LogP) is -2.05. The number of hydrogen-bond acceptors (Lipinski definition) is 6. The minimum absolute atomic E-state index is 0.0610. The Morgan fingerprint density at radius 3 is 2.53 bits per heavy atom. The van der Waals surface area contributed by atoms with Crippen LogP contribution in [0, 0.1) is 0 Å². The third-order valence-corrected chi connectivity index (χ3v) is 2.49. The molecule has 1 aliphatic rings. The van der Waals surface area contributed by atoms with E-state index in [1.807, 2.05) is 0 Å². The van der Waals surface area contributed by atoms with Gasteiger partial charge in [-0.3, -0.25) is 0 Å². The van der Waals surface area contributed by atoms with Crippen molar-refractivity contribution in [2.45, 2.75) is 50.0 Å². The summed E-state index contributed by atoms with van der Waals surface area (Å²) in [4.78, 5) is 0. The van der Waals surface area contributed by atoms with Crippen LogP contribution in [0.15, 0.2) is 0 Å². The van der Waals surface area contributed by atoms with Crippen LogP contribution in [0.25, 0.3) is 0 Å². The molecule has 0 bridgehead atoms. The SMILES string of the molecule is CC1(O)CC(O)CC(C(O)C(O)CO)O1. The first kappa shape index (κ1) is 12.8. The van der Waals surface area contributed by atoms with Crippen molar-refractivity contribution in [2.75, 3.05) is 6.61 Å². The molecule has 6 nitrogen and oxygen atoms in total. The van der Waals surface area contributed by atoms with E-state index in [9.17, 15) is 20.4 Å². The lowest BCUT2D eigenvalue weighted by atomic mass is 9.94. The van der Waals surface area contributed by atoms with Crippen LogP contribution in [-0.2, 0) is 4.74 Å². The van der Waals surface area contributed by atoms with Crippen LogP contribution in [0.3, 0.4) is 0 Å². The molecule has 6 heteroatoms. The Kier molecular flexibility index (Phi) is 4.05. The summed E-state index contributed by atoms with van der Waals surface area (Å²) in [5.74, 6) is -1.52. The lowest BCUT2D eigenvalue weighted by molar-refractivity contribution is -0.284. The molecule has 0 saturated carbocycles. The lowest BCUT2D eigenvalue weighted by Crippen LogP contribution is -2.52. The average Bonchev–Trinajstić information content (AvgIpc) is 2.12. The number of hydrogen-bond donors (Lipinski definition) is 5. The summed E-state index contributed by atoms with van der Waals surface area (Å²) in [5, 5.41) is 46.4. The van der Waals surface area contributed by atoms with Gasteiger partial charge in [0.2, 0.25) is 0 Å². The molecule has 0 amide bonds. The Morgan fingerprint density at radius 2 is 2.07 bits per heavy atom. The Balaban J connectivity index is 2.61. The zero-order valence-corrected chi connectivity index (χ0v) is 8.58. The fourth-order valence-electron chi connectivity index (χ4n) is 1.78.